The minimum Gasteiger partial charge on any atom is -0.465 e. The average molecular weight is 232 g/mol. The van der Waals surface area contributed by atoms with Crippen molar-refractivity contribution in [2.24, 2.45) is 0 Å². The molecule has 0 radical (unpaired) electrons. The standard InChI is InChI=1S/C9H12O3S2/c1-6-5-7(13-4-3-10)8(14-6)9(11)12-2/h5,10H,3-4H2,1-2H3. The van der Waals surface area contributed by atoms with Gasteiger partial charge in [-0.15, -0.1) is 23.1 Å². The van der Waals surface area contributed by atoms with Crippen molar-refractivity contribution in [1.29, 1.82) is 0 Å². The van der Waals surface area contributed by atoms with E-state index in [1.54, 1.807) is 0 Å². The minimum atomic E-state index is -0.302. The van der Waals surface area contributed by atoms with E-state index in [0.29, 0.717) is 10.6 Å². The van der Waals surface area contributed by atoms with E-state index in [0.717, 1.165) is 9.77 Å². The summed E-state index contributed by atoms with van der Waals surface area (Å²) in [7, 11) is 1.37. The topological polar surface area (TPSA) is 46.5 Å². The van der Waals surface area contributed by atoms with Crippen molar-refractivity contribution < 1.29 is 14.6 Å². The number of hydrogen-bond donors (Lipinski definition) is 1. The smallest absolute Gasteiger partial charge is 0.349 e. The number of hydrogen-bond acceptors (Lipinski definition) is 5. The highest BCUT2D eigenvalue weighted by molar-refractivity contribution is 7.99. The van der Waals surface area contributed by atoms with Gasteiger partial charge >= 0.3 is 5.97 Å². The van der Waals surface area contributed by atoms with Crippen LogP contribution in [0.4, 0.5) is 0 Å². The van der Waals surface area contributed by atoms with Crippen LogP contribution in [0.15, 0.2) is 11.0 Å². The molecule has 0 aliphatic carbocycles. The summed E-state index contributed by atoms with van der Waals surface area (Å²) in [5.41, 5.74) is 0. The number of carbonyl (C=O) groups excluding carboxylic acids is 1. The summed E-state index contributed by atoms with van der Waals surface area (Å²) in [4.78, 5) is 13.9. The molecule has 1 aromatic heterocycles. The highest BCUT2D eigenvalue weighted by Gasteiger charge is 2.15. The molecule has 0 bridgehead atoms. The number of thiophene rings is 1. The summed E-state index contributed by atoms with van der Waals surface area (Å²) in [6.45, 7) is 2.06. The molecule has 0 aliphatic rings. The molecule has 0 saturated carbocycles. The quantitative estimate of drug-likeness (QED) is 0.636. The number of aliphatic hydroxyl groups is 1. The van der Waals surface area contributed by atoms with Crippen molar-refractivity contribution in [3.63, 3.8) is 0 Å². The molecule has 14 heavy (non-hydrogen) atoms. The Labute approximate surface area is 91.1 Å². The van der Waals surface area contributed by atoms with Crippen molar-refractivity contribution in [3.05, 3.63) is 15.8 Å². The molecular formula is C9H12O3S2. The molecule has 0 saturated heterocycles. The lowest BCUT2D eigenvalue weighted by molar-refractivity contribution is 0.0602. The van der Waals surface area contributed by atoms with E-state index in [9.17, 15) is 4.79 Å². The fraction of sp³-hybridized carbons (Fsp3) is 0.444. The van der Waals surface area contributed by atoms with Gasteiger partial charge in [-0.3, -0.25) is 0 Å². The van der Waals surface area contributed by atoms with Crippen LogP contribution in [-0.4, -0.2) is 30.5 Å². The molecule has 0 atom stereocenters. The summed E-state index contributed by atoms with van der Waals surface area (Å²) in [5.74, 6) is 0.295. The number of ether oxygens (including phenoxy) is 1. The molecule has 1 aromatic rings. The number of aryl methyl sites for hydroxylation is 1. The van der Waals surface area contributed by atoms with E-state index >= 15 is 0 Å². The fourth-order valence-electron chi connectivity index (χ4n) is 0.989. The highest BCUT2D eigenvalue weighted by atomic mass is 32.2. The van der Waals surface area contributed by atoms with E-state index in [2.05, 4.69) is 4.74 Å². The Morgan fingerprint density at radius 3 is 3.00 bits per heavy atom. The molecule has 0 fully saturated rings. The molecule has 0 spiro atoms. The molecule has 0 aliphatic heterocycles. The first-order valence-electron chi connectivity index (χ1n) is 4.11. The van der Waals surface area contributed by atoms with Crippen molar-refractivity contribution in [1.82, 2.24) is 0 Å². The van der Waals surface area contributed by atoms with Crippen molar-refractivity contribution in [2.75, 3.05) is 19.5 Å². The van der Waals surface area contributed by atoms with Gasteiger partial charge in [-0.2, -0.15) is 0 Å². The first-order chi connectivity index (χ1) is 6.69. The summed E-state index contributed by atoms with van der Waals surface area (Å²) in [6.07, 6.45) is 0. The highest BCUT2D eigenvalue weighted by Crippen LogP contribution is 2.30. The van der Waals surface area contributed by atoms with Gasteiger partial charge in [0, 0.05) is 15.5 Å². The van der Waals surface area contributed by atoms with Gasteiger partial charge in [0.15, 0.2) is 0 Å². The molecule has 3 nitrogen and oxygen atoms in total. The van der Waals surface area contributed by atoms with E-state index in [1.165, 1.54) is 30.2 Å². The lowest BCUT2D eigenvalue weighted by Crippen LogP contribution is -1.99. The van der Waals surface area contributed by atoms with Crippen LogP contribution in [0.2, 0.25) is 0 Å². The van der Waals surface area contributed by atoms with Gasteiger partial charge in [0.05, 0.1) is 13.7 Å². The van der Waals surface area contributed by atoms with Crippen LogP contribution < -0.4 is 0 Å². The van der Waals surface area contributed by atoms with E-state index in [4.69, 9.17) is 5.11 Å². The van der Waals surface area contributed by atoms with Gasteiger partial charge in [0.1, 0.15) is 4.88 Å². The summed E-state index contributed by atoms with van der Waals surface area (Å²) in [5, 5.41) is 8.69. The Balaban J connectivity index is 2.85. The molecule has 5 heteroatoms. The van der Waals surface area contributed by atoms with Crippen molar-refractivity contribution >= 4 is 29.1 Å². The summed E-state index contributed by atoms with van der Waals surface area (Å²) in [6, 6.07) is 1.94. The summed E-state index contributed by atoms with van der Waals surface area (Å²) >= 11 is 2.89. The Morgan fingerprint density at radius 1 is 1.71 bits per heavy atom. The Morgan fingerprint density at radius 2 is 2.43 bits per heavy atom. The second-order valence-corrected chi connectivity index (χ2v) is 5.01. The van der Waals surface area contributed by atoms with Crippen LogP contribution in [-0.2, 0) is 4.74 Å². The van der Waals surface area contributed by atoms with Gasteiger partial charge in [-0.1, -0.05) is 0 Å². The number of aliphatic hydroxyl groups excluding tert-OH is 1. The molecule has 78 valence electrons. The molecule has 0 amide bonds. The zero-order valence-corrected chi connectivity index (χ0v) is 9.70. The van der Waals surface area contributed by atoms with Crippen LogP contribution in [0.25, 0.3) is 0 Å². The van der Waals surface area contributed by atoms with E-state index < -0.39 is 0 Å². The van der Waals surface area contributed by atoms with Gasteiger partial charge in [-0.25, -0.2) is 4.79 Å². The normalized spacial score (nSPS) is 10.2. The average Bonchev–Trinajstić information content (AvgIpc) is 2.55. The lowest BCUT2D eigenvalue weighted by atomic mass is 10.4. The largest absolute Gasteiger partial charge is 0.465 e. The maximum absolute atomic E-state index is 11.3. The molecule has 0 unspecified atom stereocenters. The van der Waals surface area contributed by atoms with Gasteiger partial charge in [0.2, 0.25) is 0 Å². The lowest BCUT2D eigenvalue weighted by Gasteiger charge is -1.99. The fourth-order valence-corrected chi connectivity index (χ4v) is 2.98. The van der Waals surface area contributed by atoms with E-state index in [1.807, 2.05) is 13.0 Å². The third-order valence-electron chi connectivity index (χ3n) is 1.54. The first-order valence-corrected chi connectivity index (χ1v) is 5.91. The maximum atomic E-state index is 11.3. The zero-order valence-electron chi connectivity index (χ0n) is 8.07. The Kier molecular flexibility index (Phi) is 4.44. The number of carbonyl (C=O) groups is 1. The van der Waals surface area contributed by atoms with Gasteiger partial charge in [-0.05, 0) is 13.0 Å². The molecule has 1 rings (SSSR count). The van der Waals surface area contributed by atoms with Gasteiger partial charge < -0.3 is 9.84 Å². The van der Waals surface area contributed by atoms with Crippen molar-refractivity contribution in [2.45, 2.75) is 11.8 Å². The minimum absolute atomic E-state index is 0.111. The Hall–Kier alpha value is -0.520. The molecule has 1 heterocycles. The first kappa shape index (κ1) is 11.6. The van der Waals surface area contributed by atoms with Crippen LogP contribution in [0.5, 0.6) is 0 Å². The molecule has 1 N–H and O–H groups in total. The second kappa shape index (κ2) is 5.38. The number of esters is 1. The number of rotatable bonds is 4. The van der Waals surface area contributed by atoms with Crippen LogP contribution in [0.3, 0.4) is 0 Å². The van der Waals surface area contributed by atoms with Gasteiger partial charge in [0.25, 0.3) is 0 Å². The maximum Gasteiger partial charge on any atom is 0.349 e. The van der Waals surface area contributed by atoms with E-state index in [-0.39, 0.29) is 12.6 Å². The molecule has 0 aromatic carbocycles. The van der Waals surface area contributed by atoms with Crippen LogP contribution >= 0.6 is 23.1 Å². The summed E-state index contributed by atoms with van der Waals surface area (Å²) < 4.78 is 4.67. The number of thioether (sulfide) groups is 1. The Bertz CT molecular complexity index is 320. The third-order valence-corrected chi connectivity index (χ3v) is 3.72. The second-order valence-electron chi connectivity index (χ2n) is 2.61. The zero-order chi connectivity index (χ0) is 10.6. The number of methoxy groups -OCH3 is 1. The monoisotopic (exact) mass is 232 g/mol. The predicted molar refractivity (Wildman–Crippen MR) is 58.2 cm³/mol. The third kappa shape index (κ3) is 2.73. The predicted octanol–water partition coefficient (Wildman–Crippen LogP) is 1.93. The van der Waals surface area contributed by atoms with Crippen LogP contribution in [0, 0.1) is 6.92 Å². The SMILES string of the molecule is COC(=O)c1sc(C)cc1SCCO. The van der Waals surface area contributed by atoms with Crippen LogP contribution in [0.1, 0.15) is 14.5 Å². The molecular weight excluding hydrogens is 220 g/mol. The van der Waals surface area contributed by atoms with Crippen molar-refractivity contribution in [3.8, 4) is 0 Å².